The lowest BCUT2D eigenvalue weighted by Crippen LogP contribution is -1.99. The van der Waals surface area contributed by atoms with Gasteiger partial charge in [-0.05, 0) is 0 Å². The molecule has 1 atom stereocenters. The fourth-order valence-electron chi connectivity index (χ4n) is 1.28. The molecule has 1 saturated heterocycles. The zero-order valence-electron chi connectivity index (χ0n) is 7.58. The van der Waals surface area contributed by atoms with Gasteiger partial charge in [0.15, 0.2) is 5.44 Å². The van der Waals surface area contributed by atoms with E-state index in [-0.39, 0.29) is 11.7 Å². The van der Waals surface area contributed by atoms with Crippen LogP contribution in [0.1, 0.15) is 11.0 Å². The van der Waals surface area contributed by atoms with Crippen LogP contribution in [0.4, 0.5) is 5.69 Å². The largest absolute Gasteiger partial charge is 0.446 e. The highest BCUT2D eigenvalue weighted by molar-refractivity contribution is 8.00. The van der Waals surface area contributed by atoms with Gasteiger partial charge >= 0.3 is 5.97 Å². The molecule has 5 nitrogen and oxygen atoms in total. The van der Waals surface area contributed by atoms with Gasteiger partial charge in [0.05, 0.1) is 10.7 Å². The lowest BCUT2D eigenvalue weighted by atomic mass is 10.2. The Bertz CT molecular complexity index is 420. The molecule has 1 aliphatic rings. The number of nitro groups is 1. The zero-order valence-corrected chi connectivity index (χ0v) is 8.40. The Balaban J connectivity index is 2.25. The summed E-state index contributed by atoms with van der Waals surface area (Å²) >= 11 is 1.33. The molecule has 0 saturated carbocycles. The van der Waals surface area contributed by atoms with Crippen LogP contribution >= 0.6 is 11.8 Å². The van der Waals surface area contributed by atoms with Gasteiger partial charge in [-0.2, -0.15) is 0 Å². The molecule has 1 aliphatic heterocycles. The minimum absolute atomic E-state index is 0.0102. The van der Waals surface area contributed by atoms with Crippen molar-refractivity contribution < 1.29 is 14.5 Å². The van der Waals surface area contributed by atoms with Crippen molar-refractivity contribution in [2.24, 2.45) is 0 Å². The first-order valence-electron chi connectivity index (χ1n) is 4.22. The molecule has 0 spiro atoms. The number of nitrogens with zero attached hydrogens (tertiary/aromatic N) is 1. The number of carbonyl (C=O) groups excluding carboxylic acids is 1. The first kappa shape index (κ1) is 9.97. The molecule has 0 bridgehead atoms. The van der Waals surface area contributed by atoms with Crippen molar-refractivity contribution >= 4 is 23.4 Å². The van der Waals surface area contributed by atoms with Crippen LogP contribution in [-0.2, 0) is 9.53 Å². The molecule has 1 fully saturated rings. The fourth-order valence-corrected chi connectivity index (χ4v) is 2.15. The van der Waals surface area contributed by atoms with Gasteiger partial charge in [-0.25, -0.2) is 0 Å². The fraction of sp³-hybridized carbons (Fsp3) is 0.222. The van der Waals surface area contributed by atoms with Crippen LogP contribution in [-0.4, -0.2) is 16.6 Å². The van der Waals surface area contributed by atoms with Crippen LogP contribution in [0.5, 0.6) is 0 Å². The number of carbonyl (C=O) groups is 1. The van der Waals surface area contributed by atoms with Crippen molar-refractivity contribution in [1.29, 1.82) is 0 Å². The number of ether oxygens (including phenoxy) is 1. The summed E-state index contributed by atoms with van der Waals surface area (Å²) in [6.07, 6.45) is 0. The van der Waals surface area contributed by atoms with Gasteiger partial charge in [0.25, 0.3) is 5.69 Å². The zero-order chi connectivity index (χ0) is 10.8. The molecule has 2 rings (SSSR count). The van der Waals surface area contributed by atoms with Crippen LogP contribution in [0.3, 0.4) is 0 Å². The minimum Gasteiger partial charge on any atom is -0.446 e. The molecule has 0 amide bonds. The number of benzene rings is 1. The average molecular weight is 225 g/mol. The van der Waals surface area contributed by atoms with Crippen molar-refractivity contribution in [3.63, 3.8) is 0 Å². The lowest BCUT2D eigenvalue weighted by molar-refractivity contribution is -0.384. The van der Waals surface area contributed by atoms with E-state index in [1.165, 1.54) is 23.9 Å². The first-order chi connectivity index (χ1) is 7.16. The summed E-state index contributed by atoms with van der Waals surface area (Å²) in [5.74, 6) is 0.0180. The third kappa shape index (κ3) is 2.10. The van der Waals surface area contributed by atoms with Gasteiger partial charge in [-0.1, -0.05) is 12.1 Å². The minimum atomic E-state index is -0.467. The molecule has 0 aliphatic carbocycles. The van der Waals surface area contributed by atoms with E-state index < -0.39 is 10.4 Å². The lowest BCUT2D eigenvalue weighted by Gasteiger charge is -2.07. The second-order valence-electron chi connectivity index (χ2n) is 2.98. The monoisotopic (exact) mass is 225 g/mol. The van der Waals surface area contributed by atoms with E-state index in [2.05, 4.69) is 0 Å². The normalized spacial score (nSPS) is 20.0. The number of hydrogen-bond acceptors (Lipinski definition) is 5. The Labute approximate surface area is 89.6 Å². The standard InChI is InChI=1S/C9H7NO4S/c11-8-5-15-9(14-8)6-2-1-3-7(4-6)10(12)13/h1-4,9H,5H2. The van der Waals surface area contributed by atoms with E-state index in [0.717, 1.165) is 0 Å². The number of rotatable bonds is 2. The molecule has 1 unspecified atom stereocenters. The van der Waals surface area contributed by atoms with Gasteiger partial charge in [-0.15, -0.1) is 11.8 Å². The van der Waals surface area contributed by atoms with Gasteiger partial charge < -0.3 is 4.74 Å². The Morgan fingerprint density at radius 1 is 1.53 bits per heavy atom. The maximum Gasteiger partial charge on any atom is 0.317 e. The molecule has 1 heterocycles. The maximum atomic E-state index is 10.9. The number of non-ortho nitro benzene ring substituents is 1. The Morgan fingerprint density at radius 3 is 2.93 bits per heavy atom. The van der Waals surface area contributed by atoms with Crippen LogP contribution in [0.15, 0.2) is 24.3 Å². The van der Waals surface area contributed by atoms with E-state index in [0.29, 0.717) is 11.3 Å². The second kappa shape index (κ2) is 3.90. The quantitative estimate of drug-likeness (QED) is 0.436. The summed E-state index contributed by atoms with van der Waals surface area (Å²) in [5.41, 5.74) is 0.258. The van der Waals surface area contributed by atoms with Crippen LogP contribution in [0.2, 0.25) is 0 Å². The van der Waals surface area contributed by atoms with Crippen molar-refractivity contribution in [3.05, 3.63) is 39.9 Å². The SMILES string of the molecule is O=C1CSC(c2cccc([N+](=O)[O-])c2)O1. The van der Waals surface area contributed by atoms with Crippen molar-refractivity contribution in [2.45, 2.75) is 5.44 Å². The smallest absolute Gasteiger partial charge is 0.317 e. The Hall–Kier alpha value is -1.56. The van der Waals surface area contributed by atoms with Crippen LogP contribution in [0.25, 0.3) is 0 Å². The highest BCUT2D eigenvalue weighted by atomic mass is 32.2. The highest BCUT2D eigenvalue weighted by Crippen LogP contribution is 2.36. The molecule has 0 N–H and O–H groups in total. The van der Waals surface area contributed by atoms with Crippen molar-refractivity contribution in [3.8, 4) is 0 Å². The third-order valence-electron chi connectivity index (χ3n) is 1.94. The number of nitro benzene ring substituents is 1. The molecule has 0 radical (unpaired) electrons. The average Bonchev–Trinajstić information content (AvgIpc) is 2.65. The van der Waals surface area contributed by atoms with E-state index >= 15 is 0 Å². The summed E-state index contributed by atoms with van der Waals surface area (Å²) in [6.45, 7) is 0. The second-order valence-corrected chi connectivity index (χ2v) is 4.04. The Kier molecular flexibility index (Phi) is 2.59. The van der Waals surface area contributed by atoms with Crippen molar-refractivity contribution in [1.82, 2.24) is 0 Å². The van der Waals surface area contributed by atoms with Gasteiger partial charge in [0.2, 0.25) is 0 Å². The predicted octanol–water partition coefficient (Wildman–Crippen LogP) is 1.88. The first-order valence-corrected chi connectivity index (χ1v) is 5.27. The molecule has 78 valence electrons. The summed E-state index contributed by atoms with van der Waals surface area (Å²) in [7, 11) is 0. The van der Waals surface area contributed by atoms with Gasteiger partial charge in [0, 0.05) is 17.7 Å². The van der Waals surface area contributed by atoms with Crippen LogP contribution < -0.4 is 0 Å². The maximum absolute atomic E-state index is 10.9. The van der Waals surface area contributed by atoms with E-state index in [9.17, 15) is 14.9 Å². The molecule has 0 aromatic heterocycles. The van der Waals surface area contributed by atoms with E-state index in [1.54, 1.807) is 12.1 Å². The molecule has 15 heavy (non-hydrogen) atoms. The third-order valence-corrected chi connectivity index (χ3v) is 3.02. The summed E-state index contributed by atoms with van der Waals surface area (Å²) in [5, 5.41) is 10.5. The number of esters is 1. The summed E-state index contributed by atoms with van der Waals surface area (Å²) in [4.78, 5) is 20.9. The molecule has 1 aromatic rings. The van der Waals surface area contributed by atoms with Gasteiger partial charge in [-0.3, -0.25) is 14.9 Å². The summed E-state index contributed by atoms with van der Waals surface area (Å²) < 4.78 is 4.98. The van der Waals surface area contributed by atoms with Crippen molar-refractivity contribution in [2.75, 3.05) is 5.75 Å². The summed E-state index contributed by atoms with van der Waals surface area (Å²) in [6, 6.07) is 6.13. The van der Waals surface area contributed by atoms with E-state index in [1.807, 2.05) is 0 Å². The number of cyclic esters (lactones) is 1. The highest BCUT2D eigenvalue weighted by Gasteiger charge is 2.26. The molecule has 1 aromatic carbocycles. The number of thioether (sulfide) groups is 1. The Morgan fingerprint density at radius 2 is 2.33 bits per heavy atom. The number of hydrogen-bond donors (Lipinski definition) is 0. The molecule has 6 heteroatoms. The van der Waals surface area contributed by atoms with E-state index in [4.69, 9.17) is 4.74 Å². The van der Waals surface area contributed by atoms with Gasteiger partial charge in [0.1, 0.15) is 0 Å². The van der Waals surface area contributed by atoms with Crippen LogP contribution in [0, 0.1) is 10.1 Å². The molecular formula is C9H7NO4S. The predicted molar refractivity (Wildman–Crippen MR) is 54.4 cm³/mol. The molecular weight excluding hydrogens is 218 g/mol. The topological polar surface area (TPSA) is 69.4 Å².